The molecule has 1 heterocycles. The molecular formula is C20H27NO. The molecule has 2 atom stereocenters. The van der Waals surface area contributed by atoms with E-state index in [2.05, 4.69) is 45.0 Å². The number of fused-ring (bicyclic) bond motifs is 1. The summed E-state index contributed by atoms with van der Waals surface area (Å²) in [5.74, 6) is 1.35. The lowest BCUT2D eigenvalue weighted by Gasteiger charge is -2.30. The summed E-state index contributed by atoms with van der Waals surface area (Å²) < 4.78 is 0. The van der Waals surface area contributed by atoms with Crippen LogP contribution in [0.2, 0.25) is 0 Å². The standard InChI is InChI=1S/C20H27NO/c1-14-7-6-9-15(11-14)19(22)12-18-17-10-5-4-8-16(17)13-20(2,3)21-18/h4-5,8,10,14-15H,6-7,9,11-13H2,1-3H3/t14-,15-/m1/s1. The van der Waals surface area contributed by atoms with Crippen LogP contribution in [0.5, 0.6) is 0 Å². The first kappa shape index (κ1) is 15.5. The number of hydrogen-bond donors (Lipinski definition) is 0. The van der Waals surface area contributed by atoms with Crippen molar-refractivity contribution in [2.45, 2.75) is 64.8 Å². The van der Waals surface area contributed by atoms with Crippen LogP contribution in [0, 0.1) is 11.8 Å². The fraction of sp³-hybridized carbons (Fsp3) is 0.600. The van der Waals surface area contributed by atoms with Crippen LogP contribution in [0.15, 0.2) is 29.3 Å². The number of benzene rings is 1. The predicted octanol–water partition coefficient (Wildman–Crippen LogP) is 4.60. The molecule has 0 radical (unpaired) electrons. The molecule has 1 aromatic rings. The summed E-state index contributed by atoms with van der Waals surface area (Å²) in [4.78, 5) is 17.7. The summed E-state index contributed by atoms with van der Waals surface area (Å²) in [6, 6.07) is 8.45. The zero-order valence-corrected chi connectivity index (χ0v) is 14.1. The number of carbonyl (C=O) groups excluding carboxylic acids is 1. The molecular weight excluding hydrogens is 270 g/mol. The highest BCUT2D eigenvalue weighted by molar-refractivity contribution is 6.13. The van der Waals surface area contributed by atoms with Crippen molar-refractivity contribution in [3.05, 3.63) is 35.4 Å². The van der Waals surface area contributed by atoms with E-state index >= 15 is 0 Å². The monoisotopic (exact) mass is 297 g/mol. The van der Waals surface area contributed by atoms with Gasteiger partial charge in [-0.15, -0.1) is 0 Å². The number of ketones is 1. The third-order valence-corrected chi connectivity index (χ3v) is 5.12. The van der Waals surface area contributed by atoms with Crippen LogP contribution < -0.4 is 0 Å². The summed E-state index contributed by atoms with van der Waals surface area (Å²) in [7, 11) is 0. The van der Waals surface area contributed by atoms with E-state index in [9.17, 15) is 4.79 Å². The van der Waals surface area contributed by atoms with Gasteiger partial charge in [-0.2, -0.15) is 0 Å². The summed E-state index contributed by atoms with van der Waals surface area (Å²) in [5, 5.41) is 0. The Kier molecular flexibility index (Phi) is 4.20. The number of hydrogen-bond acceptors (Lipinski definition) is 2. The van der Waals surface area contributed by atoms with E-state index < -0.39 is 0 Å². The molecule has 1 fully saturated rings. The first-order valence-electron chi connectivity index (χ1n) is 8.64. The van der Waals surface area contributed by atoms with Gasteiger partial charge in [-0.25, -0.2) is 0 Å². The molecule has 2 heteroatoms. The molecule has 0 bridgehead atoms. The molecule has 1 aliphatic heterocycles. The van der Waals surface area contributed by atoms with Crippen molar-refractivity contribution >= 4 is 11.5 Å². The van der Waals surface area contributed by atoms with Crippen LogP contribution >= 0.6 is 0 Å². The fourth-order valence-corrected chi connectivity index (χ4v) is 4.06. The number of aliphatic imine (C=N–C) groups is 1. The zero-order chi connectivity index (χ0) is 15.7. The lowest BCUT2D eigenvalue weighted by Crippen LogP contribution is -2.31. The van der Waals surface area contributed by atoms with E-state index in [1.807, 2.05) is 0 Å². The molecule has 118 valence electrons. The second kappa shape index (κ2) is 5.98. The van der Waals surface area contributed by atoms with Crippen molar-refractivity contribution < 1.29 is 4.79 Å². The largest absolute Gasteiger partial charge is 0.299 e. The maximum absolute atomic E-state index is 12.8. The number of Topliss-reactive ketones (excluding diaryl/α,β-unsaturated/α-hetero) is 1. The molecule has 1 saturated carbocycles. The second-order valence-corrected chi connectivity index (χ2v) is 7.82. The van der Waals surface area contributed by atoms with E-state index in [0.29, 0.717) is 18.1 Å². The van der Waals surface area contributed by atoms with Crippen LogP contribution in [0.4, 0.5) is 0 Å². The minimum atomic E-state index is -0.0934. The summed E-state index contributed by atoms with van der Waals surface area (Å²) in [6.45, 7) is 6.60. The van der Waals surface area contributed by atoms with Gasteiger partial charge in [0.1, 0.15) is 5.78 Å². The van der Waals surface area contributed by atoms with Gasteiger partial charge in [0.25, 0.3) is 0 Å². The summed E-state index contributed by atoms with van der Waals surface area (Å²) in [6.07, 6.45) is 6.09. The Balaban J connectivity index is 1.81. The smallest absolute Gasteiger partial charge is 0.141 e. The molecule has 22 heavy (non-hydrogen) atoms. The average Bonchev–Trinajstić information content (AvgIpc) is 2.46. The SMILES string of the molecule is C[C@@H]1CCC[C@@H](C(=O)CC2=NC(C)(C)Cc3ccccc32)C1. The van der Waals surface area contributed by atoms with Crippen LogP contribution in [0.25, 0.3) is 0 Å². The highest BCUT2D eigenvalue weighted by atomic mass is 16.1. The van der Waals surface area contributed by atoms with Crippen LogP contribution in [-0.2, 0) is 11.2 Å². The van der Waals surface area contributed by atoms with Gasteiger partial charge in [-0.1, -0.05) is 44.0 Å². The van der Waals surface area contributed by atoms with E-state index in [1.165, 1.54) is 24.0 Å². The maximum atomic E-state index is 12.8. The van der Waals surface area contributed by atoms with Gasteiger partial charge in [0, 0.05) is 12.3 Å². The first-order valence-corrected chi connectivity index (χ1v) is 8.64. The summed E-state index contributed by atoms with van der Waals surface area (Å²) in [5.41, 5.74) is 3.44. The molecule has 1 aliphatic carbocycles. The highest BCUT2D eigenvalue weighted by Gasteiger charge is 2.30. The van der Waals surface area contributed by atoms with Gasteiger partial charge in [0.05, 0.1) is 11.3 Å². The molecule has 3 rings (SSSR count). The lowest BCUT2D eigenvalue weighted by atomic mass is 9.78. The molecule has 1 aromatic carbocycles. The van der Waals surface area contributed by atoms with Crippen LogP contribution in [-0.4, -0.2) is 17.0 Å². The third-order valence-electron chi connectivity index (χ3n) is 5.12. The topological polar surface area (TPSA) is 29.4 Å². The normalized spacial score (nSPS) is 27.0. The average molecular weight is 297 g/mol. The molecule has 0 spiro atoms. The zero-order valence-electron chi connectivity index (χ0n) is 14.1. The Morgan fingerprint density at radius 1 is 1.27 bits per heavy atom. The Labute approximate surface area is 134 Å². The van der Waals surface area contributed by atoms with E-state index in [4.69, 9.17) is 4.99 Å². The first-order chi connectivity index (χ1) is 10.4. The van der Waals surface area contributed by atoms with Gasteiger partial charge >= 0.3 is 0 Å². The number of carbonyl (C=O) groups is 1. The Bertz CT molecular complexity index is 599. The van der Waals surface area contributed by atoms with Crippen molar-refractivity contribution in [2.24, 2.45) is 16.8 Å². The molecule has 2 aliphatic rings. The van der Waals surface area contributed by atoms with Crippen molar-refractivity contribution in [1.29, 1.82) is 0 Å². The van der Waals surface area contributed by atoms with Crippen molar-refractivity contribution in [1.82, 2.24) is 0 Å². The van der Waals surface area contributed by atoms with Gasteiger partial charge in [0.15, 0.2) is 0 Å². The third kappa shape index (κ3) is 3.31. The summed E-state index contributed by atoms with van der Waals surface area (Å²) >= 11 is 0. The van der Waals surface area contributed by atoms with Gasteiger partial charge < -0.3 is 0 Å². The maximum Gasteiger partial charge on any atom is 0.141 e. The quantitative estimate of drug-likeness (QED) is 0.802. The minimum absolute atomic E-state index is 0.0934. The van der Waals surface area contributed by atoms with Crippen molar-refractivity contribution in [3.63, 3.8) is 0 Å². The van der Waals surface area contributed by atoms with Gasteiger partial charge in [-0.05, 0) is 50.2 Å². The van der Waals surface area contributed by atoms with Crippen molar-refractivity contribution in [3.8, 4) is 0 Å². The van der Waals surface area contributed by atoms with E-state index in [-0.39, 0.29) is 11.5 Å². The number of nitrogens with zero attached hydrogens (tertiary/aromatic N) is 1. The highest BCUT2D eigenvalue weighted by Crippen LogP contribution is 2.32. The van der Waals surface area contributed by atoms with E-state index in [0.717, 1.165) is 25.0 Å². The van der Waals surface area contributed by atoms with Crippen LogP contribution in [0.1, 0.15) is 64.0 Å². The molecule has 2 nitrogen and oxygen atoms in total. The van der Waals surface area contributed by atoms with Crippen molar-refractivity contribution in [2.75, 3.05) is 0 Å². The molecule has 0 aromatic heterocycles. The number of rotatable bonds is 3. The fourth-order valence-electron chi connectivity index (χ4n) is 4.06. The van der Waals surface area contributed by atoms with E-state index in [1.54, 1.807) is 0 Å². The molecule has 0 unspecified atom stereocenters. The Morgan fingerprint density at radius 3 is 2.82 bits per heavy atom. The second-order valence-electron chi connectivity index (χ2n) is 7.82. The van der Waals surface area contributed by atoms with Gasteiger partial charge in [-0.3, -0.25) is 9.79 Å². The predicted molar refractivity (Wildman–Crippen MR) is 91.5 cm³/mol. The lowest BCUT2D eigenvalue weighted by molar-refractivity contribution is -0.123. The molecule has 0 amide bonds. The van der Waals surface area contributed by atoms with Crippen LogP contribution in [0.3, 0.4) is 0 Å². The Hall–Kier alpha value is -1.44. The molecule has 0 saturated heterocycles. The Morgan fingerprint density at radius 2 is 2.05 bits per heavy atom. The minimum Gasteiger partial charge on any atom is -0.299 e. The van der Waals surface area contributed by atoms with Gasteiger partial charge in [0.2, 0.25) is 0 Å². The molecule has 0 N–H and O–H groups in total.